The molecule has 0 aromatic heterocycles. The molecule has 0 aliphatic heterocycles. The first kappa shape index (κ1) is 42.1. The van der Waals surface area contributed by atoms with Crippen molar-refractivity contribution in [1.82, 2.24) is 0 Å². The second-order valence-electron chi connectivity index (χ2n) is 2.24. The van der Waals surface area contributed by atoms with E-state index in [2.05, 4.69) is 0 Å². The summed E-state index contributed by atoms with van der Waals surface area (Å²) >= 11 is 0. The summed E-state index contributed by atoms with van der Waals surface area (Å²) in [5.74, 6) is 0. The van der Waals surface area contributed by atoms with Gasteiger partial charge in [0.15, 0.2) is 0 Å². The largest absolute Gasteiger partial charge is 4.00 e. The zero-order valence-electron chi connectivity index (χ0n) is 10.9. The maximum atomic E-state index is 8.55. The van der Waals surface area contributed by atoms with Crippen LogP contribution in [0.4, 0.5) is 0 Å². The van der Waals surface area contributed by atoms with Gasteiger partial charge in [-0.3, -0.25) is 0 Å². The third kappa shape index (κ3) is 4340. The van der Waals surface area contributed by atoms with E-state index in [0.717, 1.165) is 0 Å². The van der Waals surface area contributed by atoms with E-state index in [0.29, 0.717) is 0 Å². The zero-order valence-corrected chi connectivity index (χ0v) is 18.5. The van der Waals surface area contributed by atoms with Crippen molar-refractivity contribution in [1.29, 1.82) is 0 Å². The number of rotatable bonds is 0. The van der Waals surface area contributed by atoms with E-state index in [1.807, 2.05) is 0 Å². The molecule has 0 heterocycles. The van der Waals surface area contributed by atoms with Gasteiger partial charge in [-0.1, -0.05) is 0 Å². The number of hydrogen-bond acceptors (Lipinski definition) is 20. The van der Waals surface area contributed by atoms with E-state index in [4.69, 9.17) is 96.2 Å². The van der Waals surface area contributed by atoms with Crippen molar-refractivity contribution in [2.75, 3.05) is 0 Å². The molecular formula is CeO20P5-11. The molecular weight excluding hydrogens is 615 g/mol. The van der Waals surface area contributed by atoms with Gasteiger partial charge in [-0.25, -0.2) is 0 Å². The van der Waals surface area contributed by atoms with E-state index in [9.17, 15) is 0 Å². The van der Waals surface area contributed by atoms with Crippen molar-refractivity contribution in [2.24, 2.45) is 0 Å². The van der Waals surface area contributed by atoms with Gasteiger partial charge in [0, 0.05) is 0 Å². The quantitative estimate of drug-likeness (QED) is 0.228. The number of hydrogen-bond donors (Lipinski definition) is 0. The predicted octanol–water partition coefficient (Wildman–Crippen LogP) is -14.1. The monoisotopic (exact) mass is 615 g/mol. The fourth-order valence-electron chi connectivity index (χ4n) is 0. The molecule has 0 amide bonds. The first-order valence-electron chi connectivity index (χ1n) is 3.65. The molecule has 0 radical (unpaired) electrons. The van der Waals surface area contributed by atoms with Gasteiger partial charge >= 0.3 is 41.7 Å². The van der Waals surface area contributed by atoms with Crippen molar-refractivity contribution in [3.05, 3.63) is 0 Å². The Bertz CT molecular complexity index is 371. The van der Waals surface area contributed by atoms with Gasteiger partial charge in [0.1, 0.15) is 0 Å². The van der Waals surface area contributed by atoms with Crippen molar-refractivity contribution in [3.8, 4) is 0 Å². The zero-order chi connectivity index (χ0) is 22.5. The fraction of sp³-hybridized carbons (Fsp3) is 0. The van der Waals surface area contributed by atoms with Gasteiger partial charge in [-0.05, 0) is 0 Å². The first-order chi connectivity index (χ1) is 10.0. The van der Waals surface area contributed by atoms with Crippen LogP contribution in [0.1, 0.15) is 0 Å². The van der Waals surface area contributed by atoms with Crippen LogP contribution >= 0.6 is 39.1 Å². The van der Waals surface area contributed by atoms with Crippen LogP contribution in [-0.2, 0) is 22.8 Å². The molecule has 0 saturated carbocycles. The number of phosphoric acid groups is 5. The van der Waals surface area contributed by atoms with Crippen LogP contribution in [0.5, 0.6) is 0 Å². The second-order valence-corrected chi connectivity index (χ2v) is 6.71. The van der Waals surface area contributed by atoms with E-state index < -0.39 is 39.1 Å². The van der Waals surface area contributed by atoms with Crippen LogP contribution in [0.2, 0.25) is 0 Å². The average molecular weight is 615 g/mol. The molecule has 26 heteroatoms. The smallest absolute Gasteiger partial charge is 0.822 e. The van der Waals surface area contributed by atoms with Crippen LogP contribution < -0.4 is 73.4 Å². The van der Waals surface area contributed by atoms with Crippen molar-refractivity contribution >= 4 is 39.1 Å². The summed E-state index contributed by atoms with van der Waals surface area (Å²) in [4.78, 5) is 128. The predicted molar refractivity (Wildman–Crippen MR) is 38.0 cm³/mol. The van der Waals surface area contributed by atoms with Gasteiger partial charge in [-0.2, -0.15) is 39.1 Å². The molecule has 0 spiro atoms. The molecule has 0 aromatic rings. The standard InChI is InChI=1S/Ce.5H3O4P/c;5*1-5(2,3)4/h;5*(H3,1,2,3,4)/q+4;;;;;/p-15. The molecule has 0 bridgehead atoms. The van der Waals surface area contributed by atoms with Gasteiger partial charge in [0.2, 0.25) is 0 Å². The Balaban J connectivity index is -0.0000000476. The third-order valence-corrected chi connectivity index (χ3v) is 0. The minimum atomic E-state index is -5.39. The van der Waals surface area contributed by atoms with Crippen molar-refractivity contribution in [2.45, 2.75) is 0 Å². The maximum Gasteiger partial charge on any atom is 4.00 e. The van der Waals surface area contributed by atoms with Crippen LogP contribution in [-0.4, -0.2) is 0 Å². The molecule has 0 fully saturated rings. The Morgan fingerprint density at radius 3 is 0.269 bits per heavy atom. The molecule has 0 aromatic carbocycles. The SMILES string of the molecule is O=P([O-])([O-])[O-].O=P([O-])([O-])[O-].O=P([O-])([O-])[O-].O=P([O-])([O-])[O-].O=P([O-])([O-])[O-].[Ce+4]. The van der Waals surface area contributed by atoms with Crippen LogP contribution in [0.3, 0.4) is 0 Å². The summed E-state index contributed by atoms with van der Waals surface area (Å²) in [7, 11) is -26.9. The topological polar surface area (TPSA) is 431 Å². The first-order valence-corrected chi connectivity index (χ1v) is 11.0. The van der Waals surface area contributed by atoms with Gasteiger partial charge in [0.25, 0.3) is 0 Å². The van der Waals surface area contributed by atoms with Gasteiger partial charge < -0.3 is 96.2 Å². The van der Waals surface area contributed by atoms with Crippen LogP contribution in [0.25, 0.3) is 0 Å². The third-order valence-electron chi connectivity index (χ3n) is 0. The summed E-state index contributed by atoms with van der Waals surface area (Å²) in [5, 5.41) is 0. The Hall–Kier alpha value is 1.93. The summed E-state index contributed by atoms with van der Waals surface area (Å²) in [6.07, 6.45) is 0. The summed E-state index contributed by atoms with van der Waals surface area (Å²) in [6, 6.07) is 0. The second kappa shape index (κ2) is 17.8. The molecule has 20 nitrogen and oxygen atoms in total. The molecule has 0 rings (SSSR count). The molecule has 0 aliphatic carbocycles. The maximum absolute atomic E-state index is 8.55. The molecule has 0 atom stereocenters. The van der Waals surface area contributed by atoms with E-state index in [1.54, 1.807) is 0 Å². The van der Waals surface area contributed by atoms with E-state index >= 15 is 0 Å². The minimum absolute atomic E-state index is 0. The molecule has 0 aliphatic rings. The van der Waals surface area contributed by atoms with Crippen LogP contribution in [0.15, 0.2) is 0 Å². The fourth-order valence-corrected chi connectivity index (χ4v) is 0. The van der Waals surface area contributed by atoms with E-state index in [1.165, 1.54) is 0 Å². The van der Waals surface area contributed by atoms with E-state index in [-0.39, 0.29) is 41.7 Å². The minimum Gasteiger partial charge on any atom is -0.822 e. The van der Waals surface area contributed by atoms with Crippen molar-refractivity contribution in [3.63, 3.8) is 0 Å². The average Bonchev–Trinajstić information content (AvgIpc) is 1.79. The summed E-state index contributed by atoms with van der Waals surface area (Å²) < 4.78 is 42.7. The Morgan fingerprint density at radius 2 is 0.269 bits per heavy atom. The van der Waals surface area contributed by atoms with Crippen molar-refractivity contribution < 1.29 is 138 Å². The molecule has 0 saturated heterocycles. The Kier molecular flexibility index (Phi) is 28.8. The molecule has 26 heavy (non-hydrogen) atoms. The molecule has 0 N–H and O–H groups in total. The summed E-state index contributed by atoms with van der Waals surface area (Å²) in [5.41, 5.74) is 0. The van der Waals surface area contributed by atoms with Gasteiger partial charge in [-0.15, -0.1) is 0 Å². The van der Waals surface area contributed by atoms with Gasteiger partial charge in [0.05, 0.1) is 0 Å². The normalized spacial score (nSPS) is 11.3. The summed E-state index contributed by atoms with van der Waals surface area (Å²) in [6.45, 7) is 0. The Labute approximate surface area is 176 Å². The Morgan fingerprint density at radius 1 is 0.269 bits per heavy atom. The molecule has 0 unspecified atom stereocenters. The molecule has 160 valence electrons. The van der Waals surface area contributed by atoms with Crippen LogP contribution in [0, 0.1) is 41.7 Å².